The molecule has 7 nitrogen and oxygen atoms in total. The average Bonchev–Trinajstić information content (AvgIpc) is 2.63. The Morgan fingerprint density at radius 2 is 2.11 bits per heavy atom. The number of nitrogens with one attached hydrogen (secondary N) is 1. The van der Waals surface area contributed by atoms with Crippen LogP contribution in [0.1, 0.15) is 29.5 Å². The van der Waals surface area contributed by atoms with Gasteiger partial charge in [-0.2, -0.15) is 5.10 Å². The van der Waals surface area contributed by atoms with Gasteiger partial charge in [0.15, 0.2) is 0 Å². The number of nitro benzene ring substituents is 1. The molecule has 0 atom stereocenters. The van der Waals surface area contributed by atoms with E-state index in [0.717, 1.165) is 23.3 Å². The maximum Gasteiger partial charge on any atom is 0.288 e. The third kappa shape index (κ3) is 6.07. The van der Waals surface area contributed by atoms with Crippen molar-refractivity contribution in [3.8, 4) is 5.75 Å². The SMILES string of the molecule is COc1ccc(CCCC(=O)N/N=C\c2ccc(Cl)c([N+](=O)[O-])c2)cc1C. The zero-order chi connectivity index (χ0) is 19.8. The smallest absolute Gasteiger partial charge is 0.288 e. The molecule has 0 aromatic heterocycles. The number of carbonyl (C=O) groups excluding carboxylic acids is 1. The second kappa shape index (κ2) is 9.68. The van der Waals surface area contributed by atoms with Crippen molar-refractivity contribution in [2.45, 2.75) is 26.2 Å². The summed E-state index contributed by atoms with van der Waals surface area (Å²) in [5, 5.41) is 14.7. The molecule has 1 N–H and O–H groups in total. The normalized spacial score (nSPS) is 10.8. The second-order valence-corrected chi connectivity index (χ2v) is 6.33. The number of aryl methyl sites for hydroxylation is 2. The molecule has 0 unspecified atom stereocenters. The molecular formula is C19H20ClN3O4. The molecule has 0 fully saturated rings. The van der Waals surface area contributed by atoms with Crippen LogP contribution in [0.25, 0.3) is 0 Å². The average molecular weight is 390 g/mol. The molecule has 0 saturated heterocycles. The van der Waals surface area contributed by atoms with Crippen molar-refractivity contribution in [2.75, 3.05) is 7.11 Å². The molecule has 0 aliphatic carbocycles. The molecule has 0 radical (unpaired) electrons. The maximum absolute atomic E-state index is 11.8. The fourth-order valence-electron chi connectivity index (χ4n) is 2.53. The van der Waals surface area contributed by atoms with Gasteiger partial charge < -0.3 is 4.74 Å². The molecular weight excluding hydrogens is 370 g/mol. The molecule has 1 amide bonds. The van der Waals surface area contributed by atoms with Gasteiger partial charge in [-0.1, -0.05) is 29.8 Å². The van der Waals surface area contributed by atoms with Crippen LogP contribution >= 0.6 is 11.6 Å². The van der Waals surface area contributed by atoms with E-state index in [-0.39, 0.29) is 16.6 Å². The van der Waals surface area contributed by atoms with Crippen LogP contribution in [0.4, 0.5) is 5.69 Å². The van der Waals surface area contributed by atoms with Gasteiger partial charge in [-0.3, -0.25) is 14.9 Å². The summed E-state index contributed by atoms with van der Waals surface area (Å²) >= 11 is 5.75. The summed E-state index contributed by atoms with van der Waals surface area (Å²) in [6, 6.07) is 10.2. The van der Waals surface area contributed by atoms with Gasteiger partial charge in [-0.25, -0.2) is 5.43 Å². The van der Waals surface area contributed by atoms with Crippen LogP contribution in [0.5, 0.6) is 5.75 Å². The van der Waals surface area contributed by atoms with E-state index in [1.54, 1.807) is 13.2 Å². The fourth-order valence-corrected chi connectivity index (χ4v) is 2.72. The number of ether oxygens (including phenoxy) is 1. The molecule has 0 spiro atoms. The number of carbonyl (C=O) groups is 1. The lowest BCUT2D eigenvalue weighted by Gasteiger charge is -2.07. The molecule has 0 heterocycles. The van der Waals surface area contributed by atoms with E-state index in [0.29, 0.717) is 18.4 Å². The van der Waals surface area contributed by atoms with Gasteiger partial charge in [0.2, 0.25) is 5.91 Å². The number of benzene rings is 2. The number of hydrazone groups is 1. The first-order valence-electron chi connectivity index (χ1n) is 8.30. The number of rotatable bonds is 8. The summed E-state index contributed by atoms with van der Waals surface area (Å²) in [5.41, 5.74) is 4.88. The number of methoxy groups -OCH3 is 1. The number of halogens is 1. The molecule has 0 aliphatic heterocycles. The first kappa shape index (κ1) is 20.4. The quantitative estimate of drug-likeness (QED) is 0.419. The molecule has 2 aromatic carbocycles. The zero-order valence-electron chi connectivity index (χ0n) is 15.1. The number of nitrogens with zero attached hydrogens (tertiary/aromatic N) is 2. The van der Waals surface area contributed by atoms with E-state index >= 15 is 0 Å². The monoisotopic (exact) mass is 389 g/mol. The molecule has 0 bridgehead atoms. The summed E-state index contributed by atoms with van der Waals surface area (Å²) in [6.45, 7) is 1.98. The lowest BCUT2D eigenvalue weighted by molar-refractivity contribution is -0.384. The Morgan fingerprint density at radius 1 is 1.33 bits per heavy atom. The molecule has 2 aromatic rings. The second-order valence-electron chi connectivity index (χ2n) is 5.92. The van der Waals surface area contributed by atoms with Gasteiger partial charge >= 0.3 is 0 Å². The highest BCUT2D eigenvalue weighted by Gasteiger charge is 2.11. The van der Waals surface area contributed by atoms with Crippen LogP contribution in [-0.2, 0) is 11.2 Å². The highest BCUT2D eigenvalue weighted by atomic mass is 35.5. The Kier molecular flexibility index (Phi) is 7.31. The Bertz CT molecular complexity index is 868. The van der Waals surface area contributed by atoms with Crippen LogP contribution in [-0.4, -0.2) is 24.2 Å². The maximum atomic E-state index is 11.8. The molecule has 8 heteroatoms. The van der Waals surface area contributed by atoms with Crippen LogP contribution in [0, 0.1) is 17.0 Å². The summed E-state index contributed by atoms with van der Waals surface area (Å²) < 4.78 is 5.23. The Hall–Kier alpha value is -2.93. The summed E-state index contributed by atoms with van der Waals surface area (Å²) in [4.78, 5) is 22.1. The molecule has 0 aliphatic rings. The van der Waals surface area contributed by atoms with E-state index in [2.05, 4.69) is 10.5 Å². The minimum Gasteiger partial charge on any atom is -0.496 e. The first-order chi connectivity index (χ1) is 12.9. The molecule has 27 heavy (non-hydrogen) atoms. The largest absolute Gasteiger partial charge is 0.496 e. The van der Waals surface area contributed by atoms with Crippen LogP contribution in [0.3, 0.4) is 0 Å². The Balaban J connectivity index is 1.81. The number of hydrogen-bond donors (Lipinski definition) is 1. The van der Waals surface area contributed by atoms with Crippen molar-refractivity contribution >= 4 is 29.4 Å². The van der Waals surface area contributed by atoms with Gasteiger partial charge in [-0.15, -0.1) is 0 Å². The Labute approximate surface area is 162 Å². The fraction of sp³-hybridized carbons (Fsp3) is 0.263. The summed E-state index contributed by atoms with van der Waals surface area (Å²) in [6.07, 6.45) is 3.11. The van der Waals surface area contributed by atoms with Crippen molar-refractivity contribution in [1.29, 1.82) is 0 Å². The van der Waals surface area contributed by atoms with Gasteiger partial charge in [-0.05, 0) is 43.0 Å². The number of hydrogen-bond acceptors (Lipinski definition) is 5. The Morgan fingerprint density at radius 3 is 2.78 bits per heavy atom. The summed E-state index contributed by atoms with van der Waals surface area (Å²) in [7, 11) is 1.63. The van der Waals surface area contributed by atoms with Gasteiger partial charge in [0, 0.05) is 18.1 Å². The van der Waals surface area contributed by atoms with Crippen molar-refractivity contribution in [3.05, 3.63) is 68.2 Å². The predicted molar refractivity (Wildman–Crippen MR) is 105 cm³/mol. The van der Waals surface area contributed by atoms with Crippen LogP contribution in [0.2, 0.25) is 5.02 Å². The van der Waals surface area contributed by atoms with Crippen LogP contribution in [0.15, 0.2) is 41.5 Å². The standard InChI is InChI=1S/C19H20ClN3O4/c1-13-10-14(7-9-18(13)27-2)4-3-5-19(24)22-21-12-15-6-8-16(20)17(11-15)23(25)26/h6-12H,3-5H2,1-2H3,(H,22,24)/b21-12-. The van der Waals surface area contributed by atoms with Gasteiger partial charge in [0.25, 0.3) is 5.69 Å². The number of nitro groups is 1. The number of amides is 1. The van der Waals surface area contributed by atoms with Crippen molar-refractivity contribution in [1.82, 2.24) is 5.43 Å². The lowest BCUT2D eigenvalue weighted by atomic mass is 10.1. The highest BCUT2D eigenvalue weighted by molar-refractivity contribution is 6.32. The van der Waals surface area contributed by atoms with E-state index in [4.69, 9.17) is 16.3 Å². The van der Waals surface area contributed by atoms with Crippen LogP contribution < -0.4 is 10.2 Å². The van der Waals surface area contributed by atoms with E-state index < -0.39 is 4.92 Å². The van der Waals surface area contributed by atoms with Crippen molar-refractivity contribution in [3.63, 3.8) is 0 Å². The third-order valence-corrected chi connectivity index (χ3v) is 4.22. The summed E-state index contributed by atoms with van der Waals surface area (Å²) in [5.74, 6) is 0.619. The molecule has 2 rings (SSSR count). The van der Waals surface area contributed by atoms with Crippen molar-refractivity contribution < 1.29 is 14.5 Å². The van der Waals surface area contributed by atoms with Crippen molar-refractivity contribution in [2.24, 2.45) is 5.10 Å². The van der Waals surface area contributed by atoms with E-state index in [1.807, 2.05) is 25.1 Å². The molecule has 142 valence electrons. The minimum atomic E-state index is -0.570. The first-order valence-corrected chi connectivity index (χ1v) is 8.68. The topological polar surface area (TPSA) is 93.8 Å². The highest BCUT2D eigenvalue weighted by Crippen LogP contribution is 2.24. The lowest BCUT2D eigenvalue weighted by Crippen LogP contribution is -2.17. The van der Waals surface area contributed by atoms with Gasteiger partial charge in [0.1, 0.15) is 10.8 Å². The predicted octanol–water partition coefficient (Wildman–Crippen LogP) is 4.04. The van der Waals surface area contributed by atoms with E-state index in [1.165, 1.54) is 18.3 Å². The van der Waals surface area contributed by atoms with E-state index in [9.17, 15) is 14.9 Å². The molecule has 0 saturated carbocycles. The minimum absolute atomic E-state index is 0.0509. The zero-order valence-corrected chi connectivity index (χ0v) is 15.8. The third-order valence-electron chi connectivity index (χ3n) is 3.90. The van der Waals surface area contributed by atoms with Gasteiger partial charge in [0.05, 0.1) is 18.2 Å².